The Hall–Kier alpha value is -1.78. The molecule has 1 aromatic heterocycles. The predicted octanol–water partition coefficient (Wildman–Crippen LogP) is 1.92. The van der Waals surface area contributed by atoms with Gasteiger partial charge in [-0.25, -0.2) is 8.42 Å². The first kappa shape index (κ1) is 21.5. The minimum absolute atomic E-state index is 0.102. The minimum atomic E-state index is -3.62. The van der Waals surface area contributed by atoms with Gasteiger partial charge in [0.05, 0.1) is 12.7 Å². The van der Waals surface area contributed by atoms with Crippen molar-refractivity contribution in [3.8, 4) is 0 Å². The second kappa shape index (κ2) is 9.57. The Morgan fingerprint density at radius 3 is 2.77 bits per heavy atom. The topological polar surface area (TPSA) is 79.0 Å². The molecule has 3 heterocycles. The third kappa shape index (κ3) is 4.92. The summed E-state index contributed by atoms with van der Waals surface area (Å²) in [6.45, 7) is 3.82. The lowest BCUT2D eigenvalue weighted by Crippen LogP contribution is -2.51. The number of carbonyl (C=O) groups excluding carboxylic acids is 1. The zero-order valence-electron chi connectivity index (χ0n) is 16.8. The van der Waals surface area contributed by atoms with Crippen LogP contribution in [0.3, 0.4) is 0 Å². The zero-order chi connectivity index (χ0) is 21.0. The van der Waals surface area contributed by atoms with Crippen molar-refractivity contribution in [2.75, 3.05) is 32.8 Å². The lowest BCUT2D eigenvalue weighted by Gasteiger charge is -2.33. The highest BCUT2D eigenvalue weighted by molar-refractivity contribution is 7.91. The van der Waals surface area contributed by atoms with Crippen molar-refractivity contribution in [3.05, 3.63) is 53.4 Å². The lowest BCUT2D eigenvalue weighted by molar-refractivity contribution is -0.125. The van der Waals surface area contributed by atoms with Gasteiger partial charge in [0, 0.05) is 32.7 Å². The van der Waals surface area contributed by atoms with Gasteiger partial charge in [-0.05, 0) is 29.9 Å². The van der Waals surface area contributed by atoms with E-state index in [1.165, 1.54) is 21.2 Å². The largest absolute Gasteiger partial charge is 0.374 e. The number of thiophene rings is 1. The molecule has 0 aliphatic carbocycles. The number of nitrogens with zero attached hydrogens (tertiary/aromatic N) is 2. The third-order valence-electron chi connectivity index (χ3n) is 5.54. The number of ether oxygens (including phenoxy) is 1. The Labute approximate surface area is 181 Å². The van der Waals surface area contributed by atoms with Gasteiger partial charge < -0.3 is 10.1 Å². The smallest absolute Gasteiger partial charge is 0.253 e. The fraction of sp³-hybridized carbons (Fsp3) is 0.476. The summed E-state index contributed by atoms with van der Waals surface area (Å²) in [4.78, 5) is 15.1. The van der Waals surface area contributed by atoms with Gasteiger partial charge in [0.2, 0.25) is 5.91 Å². The number of nitrogens with one attached hydrogen (secondary N) is 1. The average molecular weight is 450 g/mol. The van der Waals surface area contributed by atoms with E-state index in [-0.39, 0.29) is 16.2 Å². The lowest BCUT2D eigenvalue weighted by atomic mass is 10.2. The van der Waals surface area contributed by atoms with Crippen molar-refractivity contribution in [1.82, 2.24) is 14.5 Å². The highest BCUT2D eigenvalue weighted by Gasteiger charge is 2.40. The number of benzene rings is 1. The number of rotatable bonds is 7. The van der Waals surface area contributed by atoms with E-state index >= 15 is 0 Å². The molecule has 162 valence electrons. The van der Waals surface area contributed by atoms with Crippen LogP contribution in [0.15, 0.2) is 52.1 Å². The van der Waals surface area contributed by atoms with Gasteiger partial charge in [-0.15, -0.1) is 11.3 Å². The van der Waals surface area contributed by atoms with Crippen molar-refractivity contribution in [1.29, 1.82) is 0 Å². The Bertz CT molecular complexity index is 934. The third-order valence-corrected chi connectivity index (χ3v) is 8.82. The van der Waals surface area contributed by atoms with Crippen LogP contribution in [0.25, 0.3) is 0 Å². The van der Waals surface area contributed by atoms with Crippen LogP contribution in [0.5, 0.6) is 0 Å². The number of carbonyl (C=O) groups is 1. The molecule has 2 unspecified atom stereocenters. The molecule has 2 fully saturated rings. The molecule has 1 aromatic carbocycles. The van der Waals surface area contributed by atoms with Crippen LogP contribution < -0.4 is 5.32 Å². The molecule has 7 nitrogen and oxygen atoms in total. The fourth-order valence-corrected chi connectivity index (χ4v) is 6.81. The molecule has 0 radical (unpaired) electrons. The Kier molecular flexibility index (Phi) is 6.84. The minimum Gasteiger partial charge on any atom is -0.374 e. The molecule has 2 aliphatic heterocycles. The zero-order valence-corrected chi connectivity index (χ0v) is 18.4. The summed E-state index contributed by atoms with van der Waals surface area (Å²) in [5, 5.41) is 4.67. The summed E-state index contributed by atoms with van der Waals surface area (Å²) in [6.07, 6.45) is 1.13. The standard InChI is InChI=1S/C21H27N3O4S2/c25-21(19-8-4-10-24(19)30(26,27)20-9-5-13-29-20)22-14-18-16-23(11-12-28-18)15-17-6-2-1-3-7-17/h1-3,5-7,9,13,18-19H,4,8,10-12,14-16H2,(H,22,25). The highest BCUT2D eigenvalue weighted by atomic mass is 32.2. The van der Waals surface area contributed by atoms with Crippen molar-refractivity contribution < 1.29 is 17.9 Å². The number of morpholine rings is 1. The van der Waals surface area contributed by atoms with Gasteiger partial charge in [0.1, 0.15) is 10.3 Å². The molecule has 2 aromatic rings. The van der Waals surface area contributed by atoms with Gasteiger partial charge in [-0.3, -0.25) is 9.69 Å². The van der Waals surface area contributed by atoms with Crippen molar-refractivity contribution >= 4 is 27.3 Å². The predicted molar refractivity (Wildman–Crippen MR) is 116 cm³/mol. The van der Waals surface area contributed by atoms with E-state index in [1.807, 2.05) is 18.2 Å². The van der Waals surface area contributed by atoms with Crippen molar-refractivity contribution in [2.45, 2.75) is 35.7 Å². The second-order valence-electron chi connectivity index (χ2n) is 7.66. The van der Waals surface area contributed by atoms with Crippen LogP contribution in [-0.4, -0.2) is 68.5 Å². The molecule has 2 aliphatic rings. The number of sulfonamides is 1. The Morgan fingerprint density at radius 2 is 2.00 bits per heavy atom. The number of amides is 1. The average Bonchev–Trinajstić information content (AvgIpc) is 3.46. The monoisotopic (exact) mass is 449 g/mol. The first-order valence-corrected chi connectivity index (χ1v) is 12.6. The van der Waals surface area contributed by atoms with Gasteiger partial charge in [-0.1, -0.05) is 36.4 Å². The van der Waals surface area contributed by atoms with Crippen molar-refractivity contribution in [3.63, 3.8) is 0 Å². The first-order chi connectivity index (χ1) is 14.5. The maximum absolute atomic E-state index is 12.9. The van der Waals surface area contributed by atoms with Crippen LogP contribution in [0.2, 0.25) is 0 Å². The molecular formula is C21H27N3O4S2. The maximum Gasteiger partial charge on any atom is 0.253 e. The van der Waals surface area contributed by atoms with Crippen LogP contribution >= 0.6 is 11.3 Å². The van der Waals surface area contributed by atoms with Crippen LogP contribution in [0.1, 0.15) is 18.4 Å². The van der Waals surface area contributed by atoms with E-state index in [9.17, 15) is 13.2 Å². The van der Waals surface area contributed by atoms with E-state index in [0.717, 1.165) is 19.6 Å². The van der Waals surface area contributed by atoms with Gasteiger partial charge in [0.25, 0.3) is 10.0 Å². The Morgan fingerprint density at radius 1 is 1.17 bits per heavy atom. The summed E-state index contributed by atoms with van der Waals surface area (Å²) in [6, 6.07) is 12.9. The maximum atomic E-state index is 12.9. The van der Waals surface area contributed by atoms with E-state index in [4.69, 9.17) is 4.74 Å². The fourth-order valence-electron chi connectivity index (χ4n) is 4.04. The van der Waals surface area contributed by atoms with Gasteiger partial charge in [0.15, 0.2) is 0 Å². The van der Waals surface area contributed by atoms with Crippen LogP contribution in [0, 0.1) is 0 Å². The summed E-state index contributed by atoms with van der Waals surface area (Å²) in [5.74, 6) is -0.239. The molecule has 1 N–H and O–H groups in total. The molecule has 0 bridgehead atoms. The molecule has 2 saturated heterocycles. The molecule has 30 heavy (non-hydrogen) atoms. The molecule has 0 spiro atoms. The van der Waals surface area contributed by atoms with E-state index in [0.29, 0.717) is 32.5 Å². The SMILES string of the molecule is O=C(NCC1CN(Cc2ccccc2)CCO1)C1CCCN1S(=O)(=O)c1cccs1. The van der Waals surface area contributed by atoms with E-state index in [2.05, 4.69) is 22.3 Å². The Balaban J connectivity index is 1.31. The number of hydrogen-bond donors (Lipinski definition) is 1. The molecule has 4 rings (SSSR count). The molecule has 9 heteroatoms. The second-order valence-corrected chi connectivity index (χ2v) is 10.7. The summed E-state index contributed by atoms with van der Waals surface area (Å²) in [5.41, 5.74) is 1.25. The normalized spacial score (nSPS) is 23.5. The quantitative estimate of drug-likeness (QED) is 0.699. The summed E-state index contributed by atoms with van der Waals surface area (Å²) in [7, 11) is -3.62. The van der Waals surface area contributed by atoms with E-state index < -0.39 is 16.1 Å². The van der Waals surface area contributed by atoms with E-state index in [1.54, 1.807) is 17.5 Å². The van der Waals surface area contributed by atoms with Gasteiger partial charge >= 0.3 is 0 Å². The summed E-state index contributed by atoms with van der Waals surface area (Å²) < 4.78 is 33.2. The first-order valence-electron chi connectivity index (χ1n) is 10.2. The van der Waals surface area contributed by atoms with Crippen molar-refractivity contribution in [2.24, 2.45) is 0 Å². The van der Waals surface area contributed by atoms with Crippen LogP contribution in [-0.2, 0) is 26.1 Å². The summed E-state index contributed by atoms with van der Waals surface area (Å²) >= 11 is 1.18. The van der Waals surface area contributed by atoms with Gasteiger partial charge in [-0.2, -0.15) is 4.31 Å². The number of hydrogen-bond acceptors (Lipinski definition) is 6. The molecular weight excluding hydrogens is 422 g/mol. The molecule has 1 amide bonds. The van der Waals surface area contributed by atoms with Crippen LogP contribution in [0.4, 0.5) is 0 Å². The highest BCUT2D eigenvalue weighted by Crippen LogP contribution is 2.28. The molecule has 0 saturated carbocycles. The molecule has 2 atom stereocenters.